The first kappa shape index (κ1) is 14.4. The van der Waals surface area contributed by atoms with Gasteiger partial charge in [0.1, 0.15) is 16.8 Å². The van der Waals surface area contributed by atoms with Crippen LogP contribution in [0, 0.1) is 0 Å². The van der Waals surface area contributed by atoms with Gasteiger partial charge in [-0.05, 0) is 31.2 Å². The number of fused-ring (bicyclic) bond motifs is 3. The van der Waals surface area contributed by atoms with Crippen LogP contribution in [-0.2, 0) is 12.8 Å². The van der Waals surface area contributed by atoms with E-state index < -0.39 is 0 Å². The van der Waals surface area contributed by atoms with E-state index in [1.807, 2.05) is 35.9 Å². The minimum Gasteiger partial charge on any atom is -1.00 e. The number of aromatic nitrogens is 3. The summed E-state index contributed by atoms with van der Waals surface area (Å²) in [4.78, 5) is 15.7. The molecule has 0 spiro atoms. The Bertz CT molecular complexity index is 757. The fourth-order valence-corrected chi connectivity index (χ4v) is 4.08. The van der Waals surface area contributed by atoms with E-state index in [-0.39, 0.29) is 12.4 Å². The molecule has 3 aromatic rings. The monoisotopic (exact) mass is 318 g/mol. The molecule has 0 aromatic carbocycles. The van der Waals surface area contributed by atoms with Gasteiger partial charge in [-0.1, -0.05) is 0 Å². The van der Waals surface area contributed by atoms with Crippen molar-refractivity contribution in [2.24, 2.45) is 0 Å². The number of rotatable bonds is 2. The van der Waals surface area contributed by atoms with Gasteiger partial charge in [-0.25, -0.2) is 4.98 Å². The second-order valence-corrected chi connectivity index (χ2v) is 6.16. The van der Waals surface area contributed by atoms with E-state index in [1.54, 1.807) is 6.33 Å². The third-order valence-electron chi connectivity index (χ3n) is 3.79. The number of hydrogen-bond acceptors (Lipinski definition) is 4. The normalized spacial score (nSPS) is 13.7. The number of quaternary nitrogens is 1. The van der Waals surface area contributed by atoms with Crippen LogP contribution < -0.4 is 17.7 Å². The largest absolute Gasteiger partial charge is 1.00 e. The maximum atomic E-state index is 4.50. The first-order chi connectivity index (χ1) is 9.92. The Morgan fingerprint density at radius 1 is 1.05 bits per heavy atom. The van der Waals surface area contributed by atoms with Crippen molar-refractivity contribution < 1.29 is 17.7 Å². The van der Waals surface area contributed by atoms with Gasteiger partial charge in [0, 0.05) is 29.4 Å². The molecule has 0 radical (unpaired) electrons. The summed E-state index contributed by atoms with van der Waals surface area (Å²) in [5.74, 6) is 1.04. The molecule has 3 aromatic heterocycles. The van der Waals surface area contributed by atoms with E-state index in [0.717, 1.165) is 16.3 Å². The Morgan fingerprint density at radius 2 is 1.86 bits per heavy atom. The smallest absolute Gasteiger partial charge is 0.241 e. The minimum absolute atomic E-state index is 0. The second kappa shape index (κ2) is 6.05. The van der Waals surface area contributed by atoms with Crippen molar-refractivity contribution in [1.82, 2.24) is 15.0 Å². The van der Waals surface area contributed by atoms with E-state index in [1.165, 1.54) is 41.5 Å². The Hall–Kier alpha value is -1.56. The summed E-state index contributed by atoms with van der Waals surface area (Å²) < 4.78 is 0. The van der Waals surface area contributed by atoms with Crippen molar-refractivity contribution in [3.05, 3.63) is 41.3 Å². The standard InChI is InChI=1S/C15H14N4S.ClH/c1-2-4-12-11(3-1)13-14(17-9-18-15(13)20-12)19-10-5-7-16-8-6-10;/h5-9H,1-4H2,(H,16,17,18,19);1H. The van der Waals surface area contributed by atoms with Gasteiger partial charge in [-0.3, -0.25) is 10.3 Å². The molecule has 3 heterocycles. The van der Waals surface area contributed by atoms with E-state index in [2.05, 4.69) is 20.3 Å². The quantitative estimate of drug-likeness (QED) is 0.693. The predicted octanol–water partition coefficient (Wildman–Crippen LogP) is -0.504. The molecule has 2 N–H and O–H groups in total. The molecule has 108 valence electrons. The van der Waals surface area contributed by atoms with E-state index >= 15 is 0 Å². The van der Waals surface area contributed by atoms with Crippen LogP contribution in [0.4, 0.5) is 11.5 Å². The number of nitrogens with zero attached hydrogens (tertiary/aromatic N) is 3. The third kappa shape index (κ3) is 2.64. The molecule has 1 aliphatic rings. The van der Waals surface area contributed by atoms with Crippen LogP contribution in [-0.4, -0.2) is 15.0 Å². The molecule has 0 aliphatic heterocycles. The fourth-order valence-electron chi connectivity index (χ4n) is 2.84. The average molecular weight is 319 g/mol. The van der Waals surface area contributed by atoms with E-state index in [0.29, 0.717) is 0 Å². The number of aryl methyl sites for hydroxylation is 2. The molecule has 0 fully saturated rings. The maximum absolute atomic E-state index is 4.50. The van der Waals surface area contributed by atoms with Crippen molar-refractivity contribution >= 4 is 33.1 Å². The lowest BCUT2D eigenvalue weighted by molar-refractivity contribution is -0.481. The van der Waals surface area contributed by atoms with Gasteiger partial charge < -0.3 is 12.4 Å². The van der Waals surface area contributed by atoms with Crippen LogP contribution in [0.5, 0.6) is 0 Å². The molecule has 0 atom stereocenters. The topological polar surface area (TPSA) is 55.3 Å². The molecule has 6 heteroatoms. The van der Waals surface area contributed by atoms with Gasteiger partial charge in [0.2, 0.25) is 5.82 Å². The van der Waals surface area contributed by atoms with Crippen molar-refractivity contribution in [1.29, 1.82) is 0 Å². The number of halogens is 1. The van der Waals surface area contributed by atoms with Crippen molar-refractivity contribution in [3.8, 4) is 0 Å². The zero-order chi connectivity index (χ0) is 13.4. The summed E-state index contributed by atoms with van der Waals surface area (Å²) >= 11 is 1.84. The second-order valence-electron chi connectivity index (χ2n) is 5.07. The van der Waals surface area contributed by atoms with Crippen LogP contribution in [0.25, 0.3) is 10.2 Å². The average Bonchev–Trinajstić information content (AvgIpc) is 2.88. The minimum atomic E-state index is 0. The third-order valence-corrected chi connectivity index (χ3v) is 4.99. The Kier molecular flexibility index (Phi) is 4.14. The molecule has 0 saturated heterocycles. The summed E-state index contributed by atoms with van der Waals surface area (Å²) in [7, 11) is 0. The van der Waals surface area contributed by atoms with Gasteiger partial charge in [0.05, 0.1) is 5.39 Å². The van der Waals surface area contributed by atoms with Crippen LogP contribution in [0.3, 0.4) is 0 Å². The van der Waals surface area contributed by atoms with Crippen LogP contribution in [0.15, 0.2) is 30.9 Å². The number of pyridine rings is 1. The zero-order valence-corrected chi connectivity index (χ0v) is 13.0. The highest BCUT2D eigenvalue weighted by Gasteiger charge is 2.21. The Morgan fingerprint density at radius 3 is 2.71 bits per heavy atom. The van der Waals surface area contributed by atoms with Crippen molar-refractivity contribution in [3.63, 3.8) is 0 Å². The molecule has 0 saturated carbocycles. The number of nitrogens with two attached hydrogens (primary N) is 1. The first-order valence-corrected chi connectivity index (χ1v) is 7.73. The predicted molar refractivity (Wildman–Crippen MR) is 79.5 cm³/mol. The SMILES string of the molecule is [Cl-].c1cc([NH2+]c2ncnc3sc4c(c23)CCCC4)ccn1. The van der Waals surface area contributed by atoms with E-state index in [4.69, 9.17) is 0 Å². The van der Waals surface area contributed by atoms with Crippen LogP contribution in [0.1, 0.15) is 23.3 Å². The molecule has 0 bridgehead atoms. The highest BCUT2D eigenvalue weighted by molar-refractivity contribution is 7.18. The van der Waals surface area contributed by atoms with Crippen molar-refractivity contribution in [2.75, 3.05) is 0 Å². The van der Waals surface area contributed by atoms with Crippen LogP contribution in [0.2, 0.25) is 0 Å². The summed E-state index contributed by atoms with van der Waals surface area (Å²) in [5.41, 5.74) is 2.62. The summed E-state index contributed by atoms with van der Waals surface area (Å²) in [6.45, 7) is 0. The van der Waals surface area contributed by atoms with Gasteiger partial charge in [-0.15, -0.1) is 11.3 Å². The first-order valence-electron chi connectivity index (χ1n) is 6.92. The molecule has 4 nitrogen and oxygen atoms in total. The maximum Gasteiger partial charge on any atom is 0.241 e. The van der Waals surface area contributed by atoms with Gasteiger partial charge in [0.15, 0.2) is 0 Å². The Labute approximate surface area is 133 Å². The number of hydrogen-bond donors (Lipinski definition) is 1. The molecule has 0 unspecified atom stereocenters. The highest BCUT2D eigenvalue weighted by Crippen LogP contribution is 2.37. The summed E-state index contributed by atoms with van der Waals surface area (Å²) in [6, 6.07) is 4.01. The lowest BCUT2D eigenvalue weighted by atomic mass is 9.97. The fraction of sp³-hybridized carbons (Fsp3) is 0.267. The molecular weight excluding hydrogens is 304 g/mol. The summed E-state index contributed by atoms with van der Waals surface area (Å²) in [6.07, 6.45) is 10.3. The molecule has 21 heavy (non-hydrogen) atoms. The Balaban J connectivity index is 0.00000132. The van der Waals surface area contributed by atoms with E-state index in [9.17, 15) is 0 Å². The highest BCUT2D eigenvalue weighted by atomic mass is 35.5. The number of thiophene rings is 1. The van der Waals surface area contributed by atoms with Crippen molar-refractivity contribution in [2.45, 2.75) is 25.7 Å². The van der Waals surface area contributed by atoms with Crippen LogP contribution >= 0.6 is 11.3 Å². The van der Waals surface area contributed by atoms with Gasteiger partial charge >= 0.3 is 0 Å². The lowest BCUT2D eigenvalue weighted by Gasteiger charge is -2.10. The molecule has 0 amide bonds. The molecule has 4 rings (SSSR count). The molecular formula is C15H15ClN4S. The summed E-state index contributed by atoms with van der Waals surface area (Å²) in [5, 5.41) is 3.40. The zero-order valence-electron chi connectivity index (χ0n) is 11.4. The van der Waals surface area contributed by atoms with Gasteiger partial charge in [-0.2, -0.15) is 4.98 Å². The molecule has 1 aliphatic carbocycles. The lowest BCUT2D eigenvalue weighted by Crippen LogP contribution is -3.00. The van der Waals surface area contributed by atoms with Gasteiger partial charge in [0.25, 0.3) is 0 Å².